The van der Waals surface area contributed by atoms with Crippen LogP contribution in [0.3, 0.4) is 0 Å². The van der Waals surface area contributed by atoms with Crippen LogP contribution in [0.4, 0.5) is 0 Å². The zero-order valence-corrected chi connectivity index (χ0v) is 6.56. The van der Waals surface area contributed by atoms with Crippen molar-refractivity contribution in [1.29, 1.82) is 0 Å². The van der Waals surface area contributed by atoms with E-state index >= 15 is 0 Å². The molecular formula is C6H14N2O2. The van der Waals surface area contributed by atoms with Crippen molar-refractivity contribution in [3.05, 3.63) is 0 Å². The number of hydrazine groups is 1. The number of hydrogen-bond acceptors (Lipinski definition) is 4. The third-order valence-electron chi connectivity index (χ3n) is 0.987. The van der Waals surface area contributed by atoms with E-state index in [9.17, 15) is 9.90 Å². The van der Waals surface area contributed by atoms with Gasteiger partial charge in [-0.1, -0.05) is 0 Å². The normalized spacial score (nSPS) is 16.4. The standard InChI is InChI=1S/C6H14N2O2/c1-5(9)4-6(2,10)8-7-3/h7-8,10H,4H2,1-3H3. The second-order valence-electron chi connectivity index (χ2n) is 2.53. The number of Topliss-reactive ketones (excluding diaryl/α,β-unsaturated/α-hetero) is 1. The summed E-state index contributed by atoms with van der Waals surface area (Å²) in [6.45, 7) is 2.97. The quantitative estimate of drug-likeness (QED) is 0.366. The highest BCUT2D eigenvalue weighted by Gasteiger charge is 2.20. The fourth-order valence-electron chi connectivity index (χ4n) is 0.798. The van der Waals surface area contributed by atoms with Crippen LogP contribution in [0.1, 0.15) is 20.3 Å². The van der Waals surface area contributed by atoms with Crippen molar-refractivity contribution in [2.24, 2.45) is 0 Å². The van der Waals surface area contributed by atoms with Crippen LogP contribution in [0.5, 0.6) is 0 Å². The van der Waals surface area contributed by atoms with E-state index in [0.29, 0.717) is 0 Å². The lowest BCUT2D eigenvalue weighted by molar-refractivity contribution is -0.122. The summed E-state index contributed by atoms with van der Waals surface area (Å²) >= 11 is 0. The van der Waals surface area contributed by atoms with Crippen molar-refractivity contribution < 1.29 is 9.90 Å². The molecule has 4 nitrogen and oxygen atoms in total. The molecule has 0 saturated heterocycles. The van der Waals surface area contributed by atoms with Gasteiger partial charge >= 0.3 is 0 Å². The molecule has 1 atom stereocenters. The molecule has 0 fully saturated rings. The first-order valence-corrected chi connectivity index (χ1v) is 3.13. The predicted molar refractivity (Wildman–Crippen MR) is 38.1 cm³/mol. The summed E-state index contributed by atoms with van der Waals surface area (Å²) in [4.78, 5) is 10.5. The minimum absolute atomic E-state index is 0.0484. The van der Waals surface area contributed by atoms with Gasteiger partial charge in [0.05, 0.1) is 0 Å². The van der Waals surface area contributed by atoms with E-state index in [2.05, 4.69) is 10.9 Å². The lowest BCUT2D eigenvalue weighted by Gasteiger charge is -2.22. The van der Waals surface area contributed by atoms with E-state index in [4.69, 9.17) is 0 Å². The number of ketones is 1. The first kappa shape index (κ1) is 9.55. The number of nitrogens with one attached hydrogen (secondary N) is 2. The molecule has 0 heterocycles. The Bertz CT molecular complexity index is 123. The lowest BCUT2D eigenvalue weighted by atomic mass is 10.1. The topological polar surface area (TPSA) is 61.4 Å². The lowest BCUT2D eigenvalue weighted by Crippen LogP contribution is -2.49. The second-order valence-corrected chi connectivity index (χ2v) is 2.53. The van der Waals surface area contributed by atoms with Crippen molar-refractivity contribution in [2.75, 3.05) is 7.05 Å². The van der Waals surface area contributed by atoms with Gasteiger partial charge in [0.2, 0.25) is 0 Å². The Kier molecular flexibility index (Phi) is 3.49. The van der Waals surface area contributed by atoms with Gasteiger partial charge < -0.3 is 5.11 Å². The van der Waals surface area contributed by atoms with Crippen molar-refractivity contribution in [1.82, 2.24) is 10.9 Å². The molecule has 0 rings (SSSR count). The first-order chi connectivity index (χ1) is 4.48. The molecule has 0 aromatic rings. The Morgan fingerprint density at radius 2 is 2.20 bits per heavy atom. The number of aliphatic hydroxyl groups is 1. The molecule has 0 saturated carbocycles. The molecule has 0 bridgehead atoms. The fourth-order valence-corrected chi connectivity index (χ4v) is 0.798. The summed E-state index contributed by atoms with van der Waals surface area (Å²) < 4.78 is 0. The maximum absolute atomic E-state index is 10.5. The Morgan fingerprint density at radius 3 is 2.50 bits per heavy atom. The zero-order chi connectivity index (χ0) is 8.20. The Morgan fingerprint density at radius 1 is 1.70 bits per heavy atom. The molecule has 0 radical (unpaired) electrons. The Hall–Kier alpha value is -0.450. The zero-order valence-electron chi connectivity index (χ0n) is 6.56. The van der Waals surface area contributed by atoms with Gasteiger partial charge in [-0.15, -0.1) is 0 Å². The largest absolute Gasteiger partial charge is 0.374 e. The van der Waals surface area contributed by atoms with Gasteiger partial charge in [0, 0.05) is 6.42 Å². The third-order valence-corrected chi connectivity index (χ3v) is 0.987. The molecule has 10 heavy (non-hydrogen) atoms. The Labute approximate surface area is 60.6 Å². The monoisotopic (exact) mass is 146 g/mol. The number of carbonyl (C=O) groups excluding carboxylic acids is 1. The molecule has 60 valence electrons. The fraction of sp³-hybridized carbons (Fsp3) is 0.833. The number of carbonyl (C=O) groups is 1. The van der Waals surface area contributed by atoms with Crippen LogP contribution < -0.4 is 10.9 Å². The van der Waals surface area contributed by atoms with Crippen molar-refractivity contribution >= 4 is 5.78 Å². The van der Waals surface area contributed by atoms with E-state index in [0.717, 1.165) is 0 Å². The van der Waals surface area contributed by atoms with Crippen LogP contribution in [-0.2, 0) is 4.79 Å². The highest BCUT2D eigenvalue weighted by atomic mass is 16.3. The SMILES string of the molecule is CNNC(C)(O)CC(C)=O. The van der Waals surface area contributed by atoms with Gasteiger partial charge in [0.15, 0.2) is 0 Å². The van der Waals surface area contributed by atoms with Gasteiger partial charge in [-0.05, 0) is 20.9 Å². The predicted octanol–water partition coefficient (Wildman–Crippen LogP) is -0.602. The number of rotatable bonds is 4. The molecule has 3 N–H and O–H groups in total. The third kappa shape index (κ3) is 4.43. The van der Waals surface area contributed by atoms with Gasteiger partial charge in [-0.25, -0.2) is 5.43 Å². The van der Waals surface area contributed by atoms with Crippen LogP contribution in [0.15, 0.2) is 0 Å². The highest BCUT2D eigenvalue weighted by molar-refractivity contribution is 5.76. The van der Waals surface area contributed by atoms with Crippen molar-refractivity contribution in [3.63, 3.8) is 0 Å². The van der Waals surface area contributed by atoms with Gasteiger partial charge in [-0.2, -0.15) is 0 Å². The van der Waals surface area contributed by atoms with Gasteiger partial charge in [-0.3, -0.25) is 10.2 Å². The summed E-state index contributed by atoms with van der Waals surface area (Å²) in [5.74, 6) is -0.0484. The molecule has 4 heteroatoms. The van der Waals surface area contributed by atoms with Crippen LogP contribution in [0.2, 0.25) is 0 Å². The van der Waals surface area contributed by atoms with E-state index in [1.54, 1.807) is 7.05 Å². The van der Waals surface area contributed by atoms with Crippen molar-refractivity contribution in [2.45, 2.75) is 26.0 Å². The maximum atomic E-state index is 10.5. The summed E-state index contributed by atoms with van der Waals surface area (Å²) in [5, 5.41) is 9.29. The summed E-state index contributed by atoms with van der Waals surface area (Å²) in [6, 6.07) is 0. The molecule has 0 spiro atoms. The second kappa shape index (κ2) is 3.65. The molecule has 0 aromatic carbocycles. The maximum Gasteiger partial charge on any atom is 0.134 e. The summed E-state index contributed by atoms with van der Waals surface area (Å²) in [6.07, 6.45) is 0.105. The van der Waals surface area contributed by atoms with Gasteiger partial charge in [0.1, 0.15) is 11.5 Å². The van der Waals surface area contributed by atoms with E-state index in [1.165, 1.54) is 13.8 Å². The first-order valence-electron chi connectivity index (χ1n) is 3.13. The average Bonchev–Trinajstić information content (AvgIpc) is 1.59. The van der Waals surface area contributed by atoms with E-state index < -0.39 is 5.72 Å². The Balaban J connectivity index is 3.74. The average molecular weight is 146 g/mol. The van der Waals surface area contributed by atoms with Crippen LogP contribution >= 0.6 is 0 Å². The highest BCUT2D eigenvalue weighted by Crippen LogP contribution is 2.02. The number of hydrogen-bond donors (Lipinski definition) is 3. The minimum atomic E-state index is -1.14. The van der Waals surface area contributed by atoms with E-state index in [-0.39, 0.29) is 12.2 Å². The minimum Gasteiger partial charge on any atom is -0.374 e. The van der Waals surface area contributed by atoms with Crippen molar-refractivity contribution in [3.8, 4) is 0 Å². The van der Waals surface area contributed by atoms with Gasteiger partial charge in [0.25, 0.3) is 0 Å². The molecule has 0 aliphatic heterocycles. The smallest absolute Gasteiger partial charge is 0.134 e. The molecular weight excluding hydrogens is 132 g/mol. The molecule has 0 aromatic heterocycles. The van der Waals surface area contributed by atoms with Crippen LogP contribution in [0.25, 0.3) is 0 Å². The van der Waals surface area contributed by atoms with Crippen LogP contribution in [-0.4, -0.2) is 23.7 Å². The molecule has 0 aliphatic rings. The molecule has 0 amide bonds. The van der Waals surface area contributed by atoms with Crippen LogP contribution in [0, 0.1) is 0 Å². The van der Waals surface area contributed by atoms with E-state index in [1.807, 2.05) is 0 Å². The summed E-state index contributed by atoms with van der Waals surface area (Å²) in [7, 11) is 1.63. The molecule has 1 unspecified atom stereocenters. The molecule has 0 aliphatic carbocycles. The summed E-state index contributed by atoms with van der Waals surface area (Å²) in [5.41, 5.74) is 3.96.